The van der Waals surface area contributed by atoms with Crippen molar-refractivity contribution in [2.24, 2.45) is 0 Å². The first-order valence-corrected chi connectivity index (χ1v) is 5.51. The van der Waals surface area contributed by atoms with E-state index in [1.165, 1.54) is 6.20 Å². The van der Waals surface area contributed by atoms with E-state index in [1.54, 1.807) is 0 Å². The third-order valence-corrected chi connectivity index (χ3v) is 2.59. The third kappa shape index (κ3) is 2.75. The van der Waals surface area contributed by atoms with Crippen LogP contribution in [0.2, 0.25) is 5.02 Å². The highest BCUT2D eigenvalue weighted by Crippen LogP contribution is 2.20. The Balaban J connectivity index is 2.23. The lowest BCUT2D eigenvalue weighted by Crippen LogP contribution is -2.24. The average molecular weight is 302 g/mol. The Morgan fingerprint density at radius 3 is 2.55 bits per heavy atom. The van der Waals surface area contributed by atoms with Gasteiger partial charge >= 0.3 is 5.97 Å². The molecule has 0 atom stereocenters. The molecule has 0 unspecified atom stereocenters. The van der Waals surface area contributed by atoms with Gasteiger partial charge in [-0.2, -0.15) is 4.79 Å². The fourth-order valence-electron chi connectivity index (χ4n) is 1.36. The molecule has 104 valence electrons. The van der Waals surface area contributed by atoms with Crippen molar-refractivity contribution in [2.45, 2.75) is 0 Å². The summed E-state index contributed by atoms with van der Waals surface area (Å²) in [5, 5.41) is 11.9. The zero-order chi connectivity index (χ0) is 14.9. The standard InChI is InChI=1S/C11H6ClF2N3O3/c12-6-4-8(14)7(13)3-5(6)10(18)16-17-2-1-9(15-17)11(19)20/h1-4H,(H,16,18)(H,19,20). The molecule has 0 saturated carbocycles. The minimum Gasteiger partial charge on any atom is -0.476 e. The topological polar surface area (TPSA) is 84.2 Å². The number of nitrogens with one attached hydrogen (secondary N) is 1. The van der Waals surface area contributed by atoms with Crippen LogP contribution in [0.4, 0.5) is 8.78 Å². The van der Waals surface area contributed by atoms with Gasteiger partial charge in [0.2, 0.25) is 0 Å². The molecule has 0 bridgehead atoms. The second kappa shape index (κ2) is 5.25. The SMILES string of the molecule is O=C(O)c1ccn(NC(=O)c2cc(F)c(F)cc2Cl)n1. The monoisotopic (exact) mass is 301 g/mol. The molecular weight excluding hydrogens is 296 g/mol. The number of aromatic carboxylic acids is 1. The van der Waals surface area contributed by atoms with E-state index in [4.69, 9.17) is 16.7 Å². The summed E-state index contributed by atoms with van der Waals surface area (Å²) in [4.78, 5) is 23.2. The Kier molecular flexibility index (Phi) is 3.66. The van der Waals surface area contributed by atoms with Crippen LogP contribution in [-0.2, 0) is 0 Å². The van der Waals surface area contributed by atoms with Crippen molar-refractivity contribution < 1.29 is 23.5 Å². The lowest BCUT2D eigenvalue weighted by atomic mass is 10.2. The zero-order valence-electron chi connectivity index (χ0n) is 9.60. The van der Waals surface area contributed by atoms with E-state index >= 15 is 0 Å². The number of carbonyl (C=O) groups excluding carboxylic acids is 1. The summed E-state index contributed by atoms with van der Waals surface area (Å²) in [7, 11) is 0. The van der Waals surface area contributed by atoms with Crippen LogP contribution in [0.25, 0.3) is 0 Å². The number of nitrogens with zero attached hydrogens (tertiary/aromatic N) is 2. The van der Waals surface area contributed by atoms with Gasteiger partial charge in [-0.25, -0.2) is 19.0 Å². The van der Waals surface area contributed by atoms with Gasteiger partial charge in [0.05, 0.1) is 10.6 Å². The minimum absolute atomic E-state index is 0.285. The quantitative estimate of drug-likeness (QED) is 0.848. The van der Waals surface area contributed by atoms with E-state index in [9.17, 15) is 18.4 Å². The molecule has 0 aliphatic carbocycles. The van der Waals surface area contributed by atoms with Gasteiger partial charge in [-0.15, -0.1) is 5.10 Å². The molecule has 0 aliphatic heterocycles. The number of amides is 1. The number of carboxylic acids is 1. The van der Waals surface area contributed by atoms with Crippen LogP contribution in [0.1, 0.15) is 20.8 Å². The van der Waals surface area contributed by atoms with Gasteiger partial charge < -0.3 is 5.11 Å². The Morgan fingerprint density at radius 1 is 1.30 bits per heavy atom. The number of hydrogen-bond donors (Lipinski definition) is 2. The summed E-state index contributed by atoms with van der Waals surface area (Å²) in [6, 6.07) is 2.45. The summed E-state index contributed by atoms with van der Waals surface area (Å²) in [6.07, 6.45) is 1.18. The lowest BCUT2D eigenvalue weighted by molar-refractivity contribution is 0.0689. The molecule has 2 aromatic rings. The number of carboxylic acid groups (broad SMARTS) is 1. The maximum absolute atomic E-state index is 13.1. The van der Waals surface area contributed by atoms with E-state index in [-0.39, 0.29) is 16.3 Å². The Labute approximate surface area is 115 Å². The van der Waals surface area contributed by atoms with E-state index < -0.39 is 23.5 Å². The van der Waals surface area contributed by atoms with Crippen molar-refractivity contribution >= 4 is 23.5 Å². The number of aromatic nitrogens is 2. The van der Waals surface area contributed by atoms with E-state index in [2.05, 4.69) is 10.5 Å². The fourth-order valence-corrected chi connectivity index (χ4v) is 1.60. The van der Waals surface area contributed by atoms with E-state index in [1.807, 2.05) is 0 Å². The first kappa shape index (κ1) is 13.9. The molecule has 1 amide bonds. The van der Waals surface area contributed by atoms with Crippen LogP contribution in [0.5, 0.6) is 0 Å². The number of rotatable bonds is 3. The highest BCUT2D eigenvalue weighted by atomic mass is 35.5. The molecule has 6 nitrogen and oxygen atoms in total. The van der Waals surface area contributed by atoms with Gasteiger partial charge in [0.1, 0.15) is 0 Å². The predicted octanol–water partition coefficient (Wildman–Crippen LogP) is 1.90. The highest BCUT2D eigenvalue weighted by molar-refractivity contribution is 6.34. The Morgan fingerprint density at radius 2 is 1.95 bits per heavy atom. The van der Waals surface area contributed by atoms with Crippen LogP contribution >= 0.6 is 11.6 Å². The first-order valence-electron chi connectivity index (χ1n) is 5.13. The average Bonchev–Trinajstić information content (AvgIpc) is 2.82. The van der Waals surface area contributed by atoms with Crippen LogP contribution in [0.3, 0.4) is 0 Å². The Hall–Kier alpha value is -2.48. The maximum Gasteiger partial charge on any atom is 0.356 e. The van der Waals surface area contributed by atoms with Gasteiger partial charge in [0, 0.05) is 6.20 Å². The molecule has 20 heavy (non-hydrogen) atoms. The van der Waals surface area contributed by atoms with Gasteiger partial charge in [-0.1, -0.05) is 11.6 Å². The largest absolute Gasteiger partial charge is 0.476 e. The predicted molar refractivity (Wildman–Crippen MR) is 64.2 cm³/mol. The molecule has 0 fully saturated rings. The maximum atomic E-state index is 13.1. The van der Waals surface area contributed by atoms with Crippen LogP contribution in [0, 0.1) is 11.6 Å². The smallest absolute Gasteiger partial charge is 0.356 e. The van der Waals surface area contributed by atoms with Crippen molar-refractivity contribution in [1.82, 2.24) is 9.89 Å². The number of hydrogen-bond acceptors (Lipinski definition) is 3. The van der Waals surface area contributed by atoms with Gasteiger partial charge in [-0.05, 0) is 18.2 Å². The van der Waals surface area contributed by atoms with Gasteiger partial charge in [-0.3, -0.25) is 4.79 Å². The van der Waals surface area contributed by atoms with Crippen molar-refractivity contribution in [1.29, 1.82) is 0 Å². The molecule has 2 rings (SSSR count). The van der Waals surface area contributed by atoms with Crippen molar-refractivity contribution in [2.75, 3.05) is 5.43 Å². The van der Waals surface area contributed by atoms with Crippen LogP contribution in [0.15, 0.2) is 24.4 Å². The normalized spacial score (nSPS) is 10.3. The molecule has 1 heterocycles. The number of halogens is 3. The van der Waals surface area contributed by atoms with E-state index in [0.29, 0.717) is 12.1 Å². The van der Waals surface area contributed by atoms with Crippen LogP contribution in [-0.4, -0.2) is 26.9 Å². The second-order valence-electron chi connectivity index (χ2n) is 3.64. The minimum atomic E-state index is -1.27. The summed E-state index contributed by atoms with van der Waals surface area (Å²) in [5.41, 5.74) is 1.55. The summed E-state index contributed by atoms with van der Waals surface area (Å²) in [6.45, 7) is 0. The molecule has 9 heteroatoms. The molecule has 0 radical (unpaired) electrons. The first-order chi connectivity index (χ1) is 9.38. The van der Waals surface area contributed by atoms with Crippen molar-refractivity contribution in [3.05, 3.63) is 52.3 Å². The van der Waals surface area contributed by atoms with Crippen molar-refractivity contribution in [3.63, 3.8) is 0 Å². The number of benzene rings is 1. The van der Waals surface area contributed by atoms with Crippen molar-refractivity contribution in [3.8, 4) is 0 Å². The molecule has 2 N–H and O–H groups in total. The second-order valence-corrected chi connectivity index (χ2v) is 4.04. The molecule has 0 aliphatic rings. The fraction of sp³-hybridized carbons (Fsp3) is 0. The van der Waals surface area contributed by atoms with Crippen LogP contribution < -0.4 is 5.43 Å². The molecule has 1 aromatic heterocycles. The summed E-state index contributed by atoms with van der Waals surface area (Å²) in [5.74, 6) is -4.55. The molecule has 0 spiro atoms. The molecule has 0 saturated heterocycles. The van der Waals surface area contributed by atoms with E-state index in [0.717, 1.165) is 10.9 Å². The van der Waals surface area contributed by atoms with Gasteiger partial charge in [0.15, 0.2) is 17.3 Å². The summed E-state index contributed by atoms with van der Waals surface area (Å²) >= 11 is 5.63. The summed E-state index contributed by atoms with van der Waals surface area (Å²) < 4.78 is 25.9. The lowest BCUT2D eigenvalue weighted by Gasteiger charge is -2.06. The Bertz CT molecular complexity index is 702. The zero-order valence-corrected chi connectivity index (χ0v) is 10.4. The third-order valence-electron chi connectivity index (χ3n) is 2.28. The number of carbonyl (C=O) groups is 2. The molecule has 1 aromatic carbocycles. The van der Waals surface area contributed by atoms with Gasteiger partial charge in [0.25, 0.3) is 5.91 Å². The molecular formula is C11H6ClF2N3O3. The highest BCUT2D eigenvalue weighted by Gasteiger charge is 2.16.